The quantitative estimate of drug-likeness (QED) is 0.651. The van der Waals surface area contributed by atoms with E-state index < -0.39 is 5.97 Å². The van der Waals surface area contributed by atoms with E-state index in [1.54, 1.807) is 38.4 Å². The molecule has 0 unspecified atom stereocenters. The van der Waals surface area contributed by atoms with Crippen LogP contribution in [0.5, 0.6) is 11.5 Å². The molecule has 0 aliphatic carbocycles. The number of ether oxygens (including phenoxy) is 2. The van der Waals surface area contributed by atoms with Gasteiger partial charge in [0.1, 0.15) is 11.5 Å². The summed E-state index contributed by atoms with van der Waals surface area (Å²) in [4.78, 5) is 11.9. The van der Waals surface area contributed by atoms with Crippen molar-refractivity contribution >= 4 is 11.7 Å². The number of carbonyl (C=O) groups excluding carboxylic acids is 1. The summed E-state index contributed by atoms with van der Waals surface area (Å²) in [5.41, 5.74) is 6.15. The van der Waals surface area contributed by atoms with Gasteiger partial charge in [-0.25, -0.2) is 4.79 Å². The van der Waals surface area contributed by atoms with Crippen LogP contribution in [0.25, 0.3) is 0 Å². The third kappa shape index (κ3) is 2.27. The smallest absolute Gasteiger partial charge is 0.364 e. The molecule has 0 bridgehead atoms. The number of nitrogen functional groups attached to an aromatic ring is 1. The predicted molar refractivity (Wildman–Crippen MR) is 65.6 cm³/mol. The predicted octanol–water partition coefficient (Wildman–Crippen LogP) is 1.23. The van der Waals surface area contributed by atoms with E-state index in [2.05, 4.69) is 5.10 Å². The van der Waals surface area contributed by atoms with Gasteiger partial charge in [0, 0.05) is 7.05 Å². The Balaban J connectivity index is 2.16. The summed E-state index contributed by atoms with van der Waals surface area (Å²) in [6.07, 6.45) is 1.41. The van der Waals surface area contributed by atoms with Gasteiger partial charge >= 0.3 is 5.97 Å². The van der Waals surface area contributed by atoms with Gasteiger partial charge in [0.2, 0.25) is 0 Å². The minimum Gasteiger partial charge on any atom is -0.497 e. The molecule has 0 atom stereocenters. The molecule has 2 rings (SSSR count). The van der Waals surface area contributed by atoms with Crippen LogP contribution in [0, 0.1) is 0 Å². The van der Waals surface area contributed by atoms with E-state index in [1.807, 2.05) is 0 Å². The highest BCUT2D eigenvalue weighted by atomic mass is 16.5. The number of carbonyl (C=O) groups is 1. The molecule has 94 valence electrons. The van der Waals surface area contributed by atoms with Gasteiger partial charge in [-0.15, -0.1) is 0 Å². The Morgan fingerprint density at radius 2 is 1.89 bits per heavy atom. The van der Waals surface area contributed by atoms with E-state index in [0.717, 1.165) is 0 Å². The SMILES string of the molecule is COc1ccc(OC(=O)c2c(N)cnn2C)cc1. The second-order valence-corrected chi connectivity index (χ2v) is 3.64. The summed E-state index contributed by atoms with van der Waals surface area (Å²) in [7, 11) is 3.19. The van der Waals surface area contributed by atoms with Crippen molar-refractivity contribution in [1.29, 1.82) is 0 Å². The molecule has 18 heavy (non-hydrogen) atoms. The molecule has 6 heteroatoms. The van der Waals surface area contributed by atoms with Crippen LogP contribution in [0.15, 0.2) is 30.5 Å². The van der Waals surface area contributed by atoms with Crippen molar-refractivity contribution in [2.24, 2.45) is 7.05 Å². The Bertz CT molecular complexity index is 541. The van der Waals surface area contributed by atoms with Gasteiger partial charge in [0.15, 0.2) is 5.69 Å². The molecule has 1 aromatic heterocycles. The monoisotopic (exact) mass is 247 g/mol. The molecule has 0 saturated heterocycles. The Hall–Kier alpha value is -2.50. The lowest BCUT2D eigenvalue weighted by atomic mass is 10.3. The molecule has 6 nitrogen and oxygen atoms in total. The fourth-order valence-corrected chi connectivity index (χ4v) is 1.50. The number of hydrogen-bond acceptors (Lipinski definition) is 5. The number of nitrogens with zero attached hydrogens (tertiary/aromatic N) is 2. The number of anilines is 1. The lowest BCUT2D eigenvalue weighted by Gasteiger charge is -2.06. The number of benzene rings is 1. The maximum Gasteiger partial charge on any atom is 0.364 e. The van der Waals surface area contributed by atoms with E-state index >= 15 is 0 Å². The van der Waals surface area contributed by atoms with Crippen LogP contribution >= 0.6 is 0 Å². The summed E-state index contributed by atoms with van der Waals surface area (Å²) in [6, 6.07) is 6.69. The Kier molecular flexibility index (Phi) is 3.18. The molecule has 0 saturated carbocycles. The number of rotatable bonds is 3. The van der Waals surface area contributed by atoms with Crippen molar-refractivity contribution in [2.45, 2.75) is 0 Å². The largest absolute Gasteiger partial charge is 0.497 e. The van der Waals surface area contributed by atoms with Crippen LogP contribution in [0.4, 0.5) is 5.69 Å². The number of nitrogens with two attached hydrogens (primary N) is 1. The highest BCUT2D eigenvalue weighted by molar-refractivity contribution is 5.94. The van der Waals surface area contributed by atoms with Crippen molar-refractivity contribution in [3.05, 3.63) is 36.2 Å². The summed E-state index contributed by atoms with van der Waals surface area (Å²) >= 11 is 0. The van der Waals surface area contributed by atoms with E-state index in [4.69, 9.17) is 15.2 Å². The van der Waals surface area contributed by atoms with Gasteiger partial charge in [0.05, 0.1) is 19.0 Å². The first-order chi connectivity index (χ1) is 8.61. The third-order valence-corrected chi connectivity index (χ3v) is 2.43. The lowest BCUT2D eigenvalue weighted by Crippen LogP contribution is -2.15. The fourth-order valence-electron chi connectivity index (χ4n) is 1.50. The first-order valence-corrected chi connectivity index (χ1v) is 5.25. The highest BCUT2D eigenvalue weighted by Crippen LogP contribution is 2.19. The molecule has 0 aliphatic rings. The second kappa shape index (κ2) is 4.79. The maximum absolute atomic E-state index is 11.9. The number of methoxy groups -OCH3 is 1. The standard InChI is InChI=1S/C12H13N3O3/c1-15-11(10(13)7-14-15)12(16)18-9-5-3-8(17-2)4-6-9/h3-7H,13H2,1-2H3. The Labute approximate surface area is 104 Å². The molecule has 2 N–H and O–H groups in total. The molecule has 0 fully saturated rings. The zero-order chi connectivity index (χ0) is 13.1. The fraction of sp³-hybridized carbons (Fsp3) is 0.167. The van der Waals surface area contributed by atoms with Gasteiger partial charge in [-0.3, -0.25) is 4.68 Å². The Morgan fingerprint density at radius 1 is 1.28 bits per heavy atom. The number of aryl methyl sites for hydroxylation is 1. The summed E-state index contributed by atoms with van der Waals surface area (Å²) in [5.74, 6) is 0.564. The molecule has 0 amide bonds. The normalized spacial score (nSPS) is 10.1. The van der Waals surface area contributed by atoms with Gasteiger partial charge in [-0.2, -0.15) is 5.10 Å². The van der Waals surface area contributed by atoms with Crippen molar-refractivity contribution < 1.29 is 14.3 Å². The van der Waals surface area contributed by atoms with Gasteiger partial charge in [-0.1, -0.05) is 0 Å². The summed E-state index contributed by atoms with van der Waals surface area (Å²) in [5, 5.41) is 3.88. The molecule has 0 radical (unpaired) electrons. The van der Waals surface area contributed by atoms with Crippen molar-refractivity contribution in [2.75, 3.05) is 12.8 Å². The van der Waals surface area contributed by atoms with Gasteiger partial charge < -0.3 is 15.2 Å². The van der Waals surface area contributed by atoms with Crippen LogP contribution in [-0.2, 0) is 7.05 Å². The number of hydrogen-bond donors (Lipinski definition) is 1. The molecule has 0 spiro atoms. The van der Waals surface area contributed by atoms with Crippen molar-refractivity contribution in [3.63, 3.8) is 0 Å². The van der Waals surface area contributed by atoms with Crippen LogP contribution in [0.1, 0.15) is 10.5 Å². The second-order valence-electron chi connectivity index (χ2n) is 3.64. The summed E-state index contributed by atoms with van der Waals surface area (Å²) in [6.45, 7) is 0. The van der Waals surface area contributed by atoms with Crippen LogP contribution in [-0.4, -0.2) is 22.9 Å². The van der Waals surface area contributed by atoms with E-state index in [9.17, 15) is 4.79 Å². The van der Waals surface area contributed by atoms with Crippen LogP contribution in [0.3, 0.4) is 0 Å². The van der Waals surface area contributed by atoms with Gasteiger partial charge in [0.25, 0.3) is 0 Å². The Morgan fingerprint density at radius 3 is 2.39 bits per heavy atom. The van der Waals surface area contributed by atoms with Crippen LogP contribution < -0.4 is 15.2 Å². The number of esters is 1. The molecule has 1 heterocycles. The average molecular weight is 247 g/mol. The topological polar surface area (TPSA) is 79.4 Å². The molecular weight excluding hydrogens is 234 g/mol. The average Bonchev–Trinajstić information content (AvgIpc) is 2.70. The van der Waals surface area contributed by atoms with Crippen molar-refractivity contribution in [1.82, 2.24) is 9.78 Å². The molecule has 2 aromatic rings. The van der Waals surface area contributed by atoms with Crippen LogP contribution in [0.2, 0.25) is 0 Å². The van der Waals surface area contributed by atoms with E-state index in [-0.39, 0.29) is 11.4 Å². The third-order valence-electron chi connectivity index (χ3n) is 2.43. The maximum atomic E-state index is 11.9. The molecule has 1 aromatic carbocycles. The first kappa shape index (κ1) is 12.0. The van der Waals surface area contributed by atoms with E-state index in [1.165, 1.54) is 10.9 Å². The zero-order valence-corrected chi connectivity index (χ0v) is 10.1. The van der Waals surface area contributed by atoms with Gasteiger partial charge in [-0.05, 0) is 24.3 Å². The molecule has 0 aliphatic heterocycles. The van der Waals surface area contributed by atoms with E-state index in [0.29, 0.717) is 11.5 Å². The minimum absolute atomic E-state index is 0.228. The van der Waals surface area contributed by atoms with Crippen molar-refractivity contribution in [3.8, 4) is 11.5 Å². The number of aromatic nitrogens is 2. The highest BCUT2D eigenvalue weighted by Gasteiger charge is 2.17. The summed E-state index contributed by atoms with van der Waals surface area (Å²) < 4.78 is 11.6. The minimum atomic E-state index is -0.544. The molecular formula is C12H13N3O3. The zero-order valence-electron chi connectivity index (χ0n) is 10.1. The first-order valence-electron chi connectivity index (χ1n) is 5.25. The lowest BCUT2D eigenvalue weighted by molar-refractivity contribution is 0.0724.